The molecule has 0 bridgehead atoms. The second-order valence-electron chi connectivity index (χ2n) is 9.05. The third-order valence-corrected chi connectivity index (χ3v) is 7.81. The number of anilines is 1. The zero-order valence-corrected chi connectivity index (χ0v) is 21.4. The predicted molar refractivity (Wildman–Crippen MR) is 140 cm³/mol. The van der Waals surface area contributed by atoms with E-state index in [0.717, 1.165) is 68.6 Å². The molecule has 0 amide bonds. The minimum atomic E-state index is -3.39. The first-order valence-electron chi connectivity index (χ1n) is 12.2. The van der Waals surface area contributed by atoms with Crippen molar-refractivity contribution < 1.29 is 13.2 Å². The number of sulfonamides is 1. The minimum absolute atomic E-state index is 0.0239. The second kappa shape index (κ2) is 11.8. The van der Waals surface area contributed by atoms with Gasteiger partial charge in [-0.2, -0.15) is 4.31 Å². The molecule has 1 aliphatic heterocycles. The summed E-state index contributed by atoms with van der Waals surface area (Å²) in [5.74, 6) is 1.25. The summed E-state index contributed by atoms with van der Waals surface area (Å²) in [7, 11) is -1.78. The Balaban J connectivity index is 1.52. The molecule has 0 saturated carbocycles. The molecule has 1 aromatic heterocycles. The molecule has 2 heterocycles. The van der Waals surface area contributed by atoms with E-state index in [9.17, 15) is 8.42 Å². The first-order chi connectivity index (χ1) is 16.9. The second-order valence-corrected chi connectivity index (χ2v) is 11.0. The topological polar surface area (TPSA) is 96.4 Å². The van der Waals surface area contributed by atoms with Crippen LogP contribution in [0.25, 0.3) is 11.3 Å². The van der Waals surface area contributed by atoms with Crippen LogP contribution in [0.4, 0.5) is 5.95 Å². The van der Waals surface area contributed by atoms with Gasteiger partial charge in [-0.15, -0.1) is 0 Å². The van der Waals surface area contributed by atoms with E-state index in [2.05, 4.69) is 33.8 Å². The van der Waals surface area contributed by atoms with Crippen LogP contribution in [0, 0.1) is 0 Å². The zero-order valence-electron chi connectivity index (χ0n) is 20.5. The Kier molecular flexibility index (Phi) is 8.54. The van der Waals surface area contributed by atoms with Crippen LogP contribution >= 0.6 is 0 Å². The van der Waals surface area contributed by atoms with Gasteiger partial charge >= 0.3 is 0 Å². The highest BCUT2D eigenvalue weighted by Crippen LogP contribution is 2.29. The number of aromatic nitrogens is 2. The van der Waals surface area contributed by atoms with Crippen molar-refractivity contribution in [1.29, 1.82) is 0 Å². The largest absolute Gasteiger partial charge is 0.496 e. The maximum atomic E-state index is 12.7. The highest BCUT2D eigenvalue weighted by Gasteiger charge is 2.29. The zero-order chi connectivity index (χ0) is 24.7. The molecular formula is C26H35N5O3S. The van der Waals surface area contributed by atoms with E-state index in [1.807, 2.05) is 24.3 Å². The van der Waals surface area contributed by atoms with E-state index in [1.54, 1.807) is 17.6 Å². The molecule has 0 unspecified atom stereocenters. The molecule has 1 aliphatic carbocycles. The summed E-state index contributed by atoms with van der Waals surface area (Å²) in [4.78, 5) is 9.08. The Hall–Kier alpha value is -2.75. The molecule has 4 rings (SSSR count). The molecule has 8 nitrogen and oxygen atoms in total. The fourth-order valence-corrected chi connectivity index (χ4v) is 5.77. The summed E-state index contributed by atoms with van der Waals surface area (Å²) >= 11 is 0. The van der Waals surface area contributed by atoms with Gasteiger partial charge in [0.15, 0.2) is 0 Å². The molecule has 1 aromatic carbocycles. The van der Waals surface area contributed by atoms with Crippen molar-refractivity contribution in [2.75, 3.05) is 38.3 Å². The predicted octanol–water partition coefficient (Wildman–Crippen LogP) is 3.74. The van der Waals surface area contributed by atoms with Crippen LogP contribution in [0.3, 0.4) is 0 Å². The lowest BCUT2D eigenvalue weighted by atomic mass is 10.0. The van der Waals surface area contributed by atoms with Gasteiger partial charge in [0.05, 0.1) is 19.1 Å². The number of rotatable bonds is 10. The van der Waals surface area contributed by atoms with Crippen LogP contribution in [0.1, 0.15) is 37.7 Å². The highest BCUT2D eigenvalue weighted by atomic mass is 32.2. The molecule has 2 N–H and O–H groups in total. The molecule has 188 valence electrons. The monoisotopic (exact) mass is 497 g/mol. The lowest BCUT2D eigenvalue weighted by Gasteiger charge is -2.33. The van der Waals surface area contributed by atoms with Crippen LogP contribution in [0.2, 0.25) is 0 Å². The summed E-state index contributed by atoms with van der Waals surface area (Å²) in [6, 6.07) is 7.65. The Morgan fingerprint density at radius 1 is 1.23 bits per heavy atom. The maximum Gasteiger partial charge on any atom is 0.223 e. The lowest BCUT2D eigenvalue weighted by Crippen LogP contribution is -2.45. The summed E-state index contributed by atoms with van der Waals surface area (Å²) in [5, 5.41) is 6.63. The Labute approximate surface area is 208 Å². The summed E-state index contributed by atoms with van der Waals surface area (Å²) < 4.78 is 32.5. The van der Waals surface area contributed by atoms with Gasteiger partial charge in [-0.05, 0) is 69.5 Å². The maximum absolute atomic E-state index is 12.7. The summed E-state index contributed by atoms with van der Waals surface area (Å²) in [6.07, 6.45) is 14.3. The van der Waals surface area contributed by atoms with E-state index >= 15 is 0 Å². The number of hydrogen-bond donors (Lipinski definition) is 2. The molecule has 1 saturated heterocycles. The van der Waals surface area contributed by atoms with Gasteiger partial charge in [0.25, 0.3) is 0 Å². The number of hydrogen-bond acceptors (Lipinski definition) is 7. The summed E-state index contributed by atoms with van der Waals surface area (Å²) in [5.41, 5.74) is 3.92. The average Bonchev–Trinajstić information content (AvgIpc) is 2.88. The SMILES string of the molecule is COc1ccc(-c2ccnc(NCCC3=CC=CCC3)n2)cc1CN(C1CCNCC1)S(C)(=O)=O. The molecule has 0 atom stereocenters. The van der Waals surface area contributed by atoms with Crippen molar-refractivity contribution in [3.8, 4) is 17.0 Å². The van der Waals surface area contributed by atoms with Crippen molar-refractivity contribution in [3.63, 3.8) is 0 Å². The lowest BCUT2D eigenvalue weighted by molar-refractivity contribution is 0.255. The molecule has 2 aliphatic rings. The van der Waals surface area contributed by atoms with Crippen LogP contribution in [0.15, 0.2) is 54.3 Å². The number of methoxy groups -OCH3 is 1. The minimum Gasteiger partial charge on any atom is -0.496 e. The van der Waals surface area contributed by atoms with E-state index in [-0.39, 0.29) is 12.6 Å². The van der Waals surface area contributed by atoms with Crippen molar-refractivity contribution in [2.24, 2.45) is 0 Å². The normalized spacial score (nSPS) is 16.8. The van der Waals surface area contributed by atoms with Gasteiger partial charge in [0.2, 0.25) is 16.0 Å². The van der Waals surface area contributed by atoms with E-state index in [1.165, 1.54) is 11.8 Å². The van der Waals surface area contributed by atoms with Crippen LogP contribution in [-0.4, -0.2) is 61.7 Å². The number of allylic oxidation sites excluding steroid dienone is 3. The van der Waals surface area contributed by atoms with Crippen LogP contribution < -0.4 is 15.4 Å². The molecule has 0 radical (unpaired) electrons. The number of piperidine rings is 1. The Bertz CT molecular complexity index is 1170. The number of benzene rings is 1. The van der Waals surface area contributed by atoms with Gasteiger partial charge < -0.3 is 15.4 Å². The fourth-order valence-electron chi connectivity index (χ4n) is 4.64. The smallest absolute Gasteiger partial charge is 0.223 e. The van der Waals surface area contributed by atoms with Crippen molar-refractivity contribution in [3.05, 3.63) is 59.8 Å². The molecule has 9 heteroatoms. The molecule has 35 heavy (non-hydrogen) atoms. The van der Waals surface area contributed by atoms with Gasteiger partial charge in [-0.25, -0.2) is 18.4 Å². The van der Waals surface area contributed by atoms with Gasteiger partial charge in [-0.3, -0.25) is 0 Å². The van der Waals surface area contributed by atoms with Crippen LogP contribution in [0.5, 0.6) is 5.75 Å². The van der Waals surface area contributed by atoms with Gasteiger partial charge in [-0.1, -0.05) is 23.8 Å². The van der Waals surface area contributed by atoms with Gasteiger partial charge in [0.1, 0.15) is 5.75 Å². The Morgan fingerprint density at radius 3 is 2.77 bits per heavy atom. The fraction of sp³-hybridized carbons (Fsp3) is 0.462. The first-order valence-corrected chi connectivity index (χ1v) is 14.0. The third kappa shape index (κ3) is 6.90. The van der Waals surface area contributed by atoms with E-state index in [0.29, 0.717) is 11.7 Å². The van der Waals surface area contributed by atoms with E-state index in [4.69, 9.17) is 9.72 Å². The third-order valence-electron chi connectivity index (χ3n) is 6.53. The summed E-state index contributed by atoms with van der Waals surface area (Å²) in [6.45, 7) is 2.67. The molecule has 2 aromatic rings. The molecular weight excluding hydrogens is 462 g/mol. The van der Waals surface area contributed by atoms with Crippen LogP contribution in [-0.2, 0) is 16.6 Å². The Morgan fingerprint density at radius 2 is 2.06 bits per heavy atom. The number of nitrogens with zero attached hydrogens (tertiary/aromatic N) is 3. The quantitative estimate of drug-likeness (QED) is 0.516. The average molecular weight is 498 g/mol. The van der Waals surface area contributed by atoms with Crippen molar-refractivity contribution in [2.45, 2.75) is 44.7 Å². The molecule has 0 spiro atoms. The molecule has 1 fully saturated rings. The number of ether oxygens (including phenoxy) is 1. The number of nitrogens with one attached hydrogen (secondary N) is 2. The first kappa shape index (κ1) is 25.3. The van der Waals surface area contributed by atoms with Gasteiger partial charge in [0, 0.05) is 36.5 Å². The standard InChI is InChI=1S/C26H35N5O3S/c1-34-25-9-8-21(18-22(25)19-31(35(2,32)33)23-11-14-27-15-12-23)24-13-17-29-26(30-24)28-16-10-20-6-4-3-5-7-20/h3-4,6,8-9,13,17-18,23,27H,5,7,10-12,14-16,19H2,1-2H3,(H,28,29,30). The van der Waals surface area contributed by atoms with Crippen molar-refractivity contribution >= 4 is 16.0 Å². The highest BCUT2D eigenvalue weighted by molar-refractivity contribution is 7.88. The van der Waals surface area contributed by atoms with E-state index < -0.39 is 10.0 Å². The van der Waals surface area contributed by atoms with Crippen molar-refractivity contribution in [1.82, 2.24) is 19.6 Å².